The number of alkyl halides is 3. The van der Waals surface area contributed by atoms with Crippen LogP contribution in [0.4, 0.5) is 18.9 Å². The molecule has 0 spiro atoms. The Morgan fingerprint density at radius 2 is 1.74 bits per heavy atom. The van der Waals surface area contributed by atoms with Crippen molar-refractivity contribution < 1.29 is 33.0 Å². The van der Waals surface area contributed by atoms with Gasteiger partial charge in [-0.3, -0.25) is 0 Å². The summed E-state index contributed by atoms with van der Waals surface area (Å²) in [5.74, 6) is -4.03. The number of carbonyl (C=O) groups excluding carboxylic acids is 2. The van der Waals surface area contributed by atoms with Crippen molar-refractivity contribution in [1.29, 1.82) is 0 Å². The Kier molecular flexibility index (Phi) is 4.15. The highest BCUT2D eigenvalue weighted by molar-refractivity contribution is 6.10. The molecule has 0 fully saturated rings. The van der Waals surface area contributed by atoms with E-state index in [1.807, 2.05) is 0 Å². The van der Waals surface area contributed by atoms with Crippen molar-refractivity contribution >= 4 is 17.6 Å². The second-order valence-corrected chi connectivity index (χ2v) is 3.36. The lowest BCUT2D eigenvalue weighted by molar-refractivity contribution is -0.312. The summed E-state index contributed by atoms with van der Waals surface area (Å²) < 4.78 is 37.1. The third-order valence-electron chi connectivity index (χ3n) is 2.01. The molecule has 0 atom stereocenters. The molecule has 0 aliphatic heterocycles. The number of halogens is 3. The molecular formula is C11H6F3NO4-2. The molecule has 0 unspecified atom stereocenters. The van der Waals surface area contributed by atoms with E-state index >= 15 is 0 Å². The molecule has 0 radical (unpaired) electrons. The second kappa shape index (κ2) is 5.42. The summed E-state index contributed by atoms with van der Waals surface area (Å²) in [5, 5.41) is 22.9. The molecular weight excluding hydrogens is 267 g/mol. The lowest BCUT2D eigenvalue weighted by Crippen LogP contribution is -2.36. The predicted molar refractivity (Wildman–Crippen MR) is 53.2 cm³/mol. The van der Waals surface area contributed by atoms with E-state index < -0.39 is 29.3 Å². The molecule has 1 rings (SSSR count). The van der Waals surface area contributed by atoms with Crippen LogP contribution in [0.5, 0.6) is 0 Å². The highest BCUT2D eigenvalue weighted by Gasteiger charge is 2.30. The fourth-order valence-corrected chi connectivity index (χ4v) is 1.14. The first-order chi connectivity index (χ1) is 8.71. The van der Waals surface area contributed by atoms with E-state index in [9.17, 15) is 33.0 Å². The maximum atomic E-state index is 12.4. The van der Waals surface area contributed by atoms with Crippen molar-refractivity contribution in [2.24, 2.45) is 0 Å². The summed E-state index contributed by atoms with van der Waals surface area (Å²) in [5.41, 5.74) is -2.30. The predicted octanol–water partition coefficient (Wildman–Crippen LogP) is -0.499. The van der Waals surface area contributed by atoms with Crippen LogP contribution in [0.3, 0.4) is 0 Å². The molecule has 1 N–H and O–H groups in total. The minimum Gasteiger partial charge on any atom is -0.545 e. The normalized spacial score (nSPS) is 10.7. The molecule has 0 saturated carbocycles. The summed E-state index contributed by atoms with van der Waals surface area (Å²) in [4.78, 5) is 20.7. The molecule has 5 nitrogen and oxygen atoms in total. The third-order valence-corrected chi connectivity index (χ3v) is 2.01. The largest absolute Gasteiger partial charge is 0.545 e. The van der Waals surface area contributed by atoms with Gasteiger partial charge in [-0.25, -0.2) is 0 Å². The van der Waals surface area contributed by atoms with Crippen LogP contribution in [0.2, 0.25) is 0 Å². The molecule has 19 heavy (non-hydrogen) atoms. The average molecular weight is 273 g/mol. The van der Waals surface area contributed by atoms with Crippen molar-refractivity contribution in [3.8, 4) is 0 Å². The van der Waals surface area contributed by atoms with Gasteiger partial charge in [0.15, 0.2) is 0 Å². The maximum absolute atomic E-state index is 12.4. The molecule has 0 bridgehead atoms. The van der Waals surface area contributed by atoms with E-state index in [4.69, 9.17) is 0 Å². The number of carbonyl (C=O) groups is 2. The van der Waals surface area contributed by atoms with Gasteiger partial charge < -0.3 is 25.1 Å². The summed E-state index contributed by atoms with van der Waals surface area (Å²) in [6, 6.07) is 3.79. The summed E-state index contributed by atoms with van der Waals surface area (Å²) in [6.45, 7) is 0. The Bertz CT molecular complexity index is 521. The van der Waals surface area contributed by atoms with Gasteiger partial charge in [0.25, 0.3) is 0 Å². The average Bonchev–Trinajstić information content (AvgIpc) is 2.27. The van der Waals surface area contributed by atoms with Crippen LogP contribution in [0.25, 0.3) is 0 Å². The molecule has 1 aromatic rings. The Morgan fingerprint density at radius 1 is 1.16 bits per heavy atom. The number of rotatable bonds is 4. The van der Waals surface area contributed by atoms with E-state index in [1.165, 1.54) is 6.07 Å². The fraction of sp³-hybridized carbons (Fsp3) is 0.0909. The Labute approximate surface area is 105 Å². The van der Waals surface area contributed by atoms with Gasteiger partial charge >= 0.3 is 6.18 Å². The van der Waals surface area contributed by atoms with E-state index in [1.54, 1.807) is 0 Å². The van der Waals surface area contributed by atoms with Gasteiger partial charge in [0.05, 0.1) is 17.5 Å². The van der Waals surface area contributed by atoms with Crippen LogP contribution in [0, 0.1) is 0 Å². The number of hydrogen-bond acceptors (Lipinski definition) is 5. The third kappa shape index (κ3) is 4.02. The van der Waals surface area contributed by atoms with Gasteiger partial charge in [0, 0.05) is 17.5 Å². The zero-order valence-electron chi connectivity index (χ0n) is 9.15. The monoisotopic (exact) mass is 273 g/mol. The lowest BCUT2D eigenvalue weighted by atomic mass is 10.2. The summed E-state index contributed by atoms with van der Waals surface area (Å²) in [7, 11) is 0. The molecule has 8 heteroatoms. The quantitative estimate of drug-likeness (QED) is 0.453. The van der Waals surface area contributed by atoms with Crippen LogP contribution in [-0.2, 0) is 15.8 Å². The molecule has 0 aliphatic carbocycles. The number of nitrogens with one attached hydrogen (secondary N) is 1. The number of carboxylic acid groups (broad SMARTS) is 2. The lowest BCUT2D eigenvalue weighted by Gasteiger charge is -2.11. The summed E-state index contributed by atoms with van der Waals surface area (Å²) in [6.07, 6.45) is -4.08. The minimum atomic E-state index is -4.56. The van der Waals surface area contributed by atoms with Crippen LogP contribution >= 0.6 is 0 Å². The minimum absolute atomic E-state index is 0.130. The standard InChI is InChI=1S/C11H8F3NO4/c12-11(13,14)6-2-1-3-7(4-6)15-5-8(9(16)17)10(18)19/h1-5,15H,(H,16,17)(H,18,19)/p-2. The van der Waals surface area contributed by atoms with Crippen molar-refractivity contribution in [2.45, 2.75) is 6.18 Å². The second-order valence-electron chi connectivity index (χ2n) is 3.36. The molecule has 1 aromatic carbocycles. The first-order valence-corrected chi connectivity index (χ1v) is 4.78. The number of aliphatic carboxylic acids is 2. The molecule has 0 aliphatic rings. The van der Waals surface area contributed by atoms with Gasteiger partial charge in [-0.1, -0.05) is 6.07 Å². The van der Waals surface area contributed by atoms with Gasteiger partial charge in [0.2, 0.25) is 0 Å². The molecule has 102 valence electrons. The number of anilines is 1. The van der Waals surface area contributed by atoms with Crippen LogP contribution in [-0.4, -0.2) is 11.9 Å². The Balaban J connectivity index is 2.98. The first-order valence-electron chi connectivity index (χ1n) is 4.78. The SMILES string of the molecule is O=C([O-])C(=CNc1cccc(C(F)(F)F)c1)C(=O)[O-]. The number of hydrogen-bond donors (Lipinski definition) is 1. The van der Waals surface area contributed by atoms with E-state index in [0.717, 1.165) is 12.1 Å². The van der Waals surface area contributed by atoms with Crippen molar-refractivity contribution in [2.75, 3.05) is 5.32 Å². The molecule has 0 aromatic heterocycles. The van der Waals surface area contributed by atoms with E-state index in [-0.39, 0.29) is 5.69 Å². The Hall–Kier alpha value is -2.51. The maximum Gasteiger partial charge on any atom is 0.416 e. The fourth-order valence-electron chi connectivity index (χ4n) is 1.14. The van der Waals surface area contributed by atoms with Gasteiger partial charge in [-0.05, 0) is 18.2 Å². The molecule has 0 saturated heterocycles. The molecule has 0 heterocycles. The van der Waals surface area contributed by atoms with Crippen LogP contribution in [0.15, 0.2) is 36.0 Å². The van der Waals surface area contributed by atoms with Crippen molar-refractivity contribution in [1.82, 2.24) is 0 Å². The first kappa shape index (κ1) is 14.6. The van der Waals surface area contributed by atoms with Gasteiger partial charge in [-0.15, -0.1) is 0 Å². The summed E-state index contributed by atoms with van der Waals surface area (Å²) >= 11 is 0. The highest BCUT2D eigenvalue weighted by Crippen LogP contribution is 2.30. The smallest absolute Gasteiger partial charge is 0.416 e. The zero-order chi connectivity index (χ0) is 14.6. The highest BCUT2D eigenvalue weighted by atomic mass is 19.4. The van der Waals surface area contributed by atoms with Crippen LogP contribution < -0.4 is 15.5 Å². The van der Waals surface area contributed by atoms with Crippen molar-refractivity contribution in [3.05, 3.63) is 41.6 Å². The van der Waals surface area contributed by atoms with Gasteiger partial charge in [-0.2, -0.15) is 13.2 Å². The van der Waals surface area contributed by atoms with Crippen molar-refractivity contribution in [3.63, 3.8) is 0 Å². The zero-order valence-corrected chi connectivity index (χ0v) is 9.15. The van der Waals surface area contributed by atoms with E-state index in [0.29, 0.717) is 12.3 Å². The molecule has 0 amide bonds. The van der Waals surface area contributed by atoms with Gasteiger partial charge in [0.1, 0.15) is 0 Å². The van der Waals surface area contributed by atoms with Crippen LogP contribution in [0.1, 0.15) is 5.56 Å². The number of carboxylic acids is 2. The topological polar surface area (TPSA) is 92.3 Å². The number of benzene rings is 1. The Morgan fingerprint density at radius 3 is 2.21 bits per heavy atom. The van der Waals surface area contributed by atoms with E-state index in [2.05, 4.69) is 5.32 Å².